The van der Waals surface area contributed by atoms with E-state index in [1.807, 2.05) is 25.1 Å². The molecule has 21 heavy (non-hydrogen) atoms. The lowest BCUT2D eigenvalue weighted by Gasteiger charge is -2.10. The lowest BCUT2D eigenvalue weighted by atomic mass is 10.2. The highest BCUT2D eigenvalue weighted by molar-refractivity contribution is 9.10. The molecule has 0 aliphatic rings. The number of hydrogen-bond acceptors (Lipinski definition) is 2. The minimum Gasteiger partial charge on any atom is -0.376 e. The highest BCUT2D eigenvalue weighted by Crippen LogP contribution is 2.21. The Bertz CT molecular complexity index is 656. The summed E-state index contributed by atoms with van der Waals surface area (Å²) in [6.45, 7) is 1.85. The first-order valence-electron chi connectivity index (χ1n) is 6.21. The Morgan fingerprint density at radius 3 is 2.48 bits per heavy atom. The van der Waals surface area contributed by atoms with Gasteiger partial charge in [-0.25, -0.2) is 8.78 Å². The molecule has 0 heterocycles. The van der Waals surface area contributed by atoms with E-state index in [0.29, 0.717) is 0 Å². The average molecular weight is 355 g/mol. The smallest absolute Gasteiger partial charge is 0.243 e. The van der Waals surface area contributed by atoms with E-state index in [0.717, 1.165) is 27.9 Å². The minimum absolute atomic E-state index is 0.0940. The molecule has 0 aliphatic carbocycles. The van der Waals surface area contributed by atoms with Gasteiger partial charge in [0.2, 0.25) is 5.91 Å². The number of carbonyl (C=O) groups is 1. The minimum atomic E-state index is -0.804. The maximum Gasteiger partial charge on any atom is 0.243 e. The van der Waals surface area contributed by atoms with E-state index < -0.39 is 23.2 Å². The monoisotopic (exact) mass is 354 g/mol. The normalized spacial score (nSPS) is 10.3. The summed E-state index contributed by atoms with van der Waals surface area (Å²) < 4.78 is 27.7. The van der Waals surface area contributed by atoms with Crippen molar-refractivity contribution in [1.82, 2.24) is 0 Å². The van der Waals surface area contributed by atoms with Gasteiger partial charge in [-0.15, -0.1) is 0 Å². The molecular weight excluding hydrogens is 342 g/mol. The molecule has 2 aromatic carbocycles. The molecular formula is C15H13BrF2N2O. The Morgan fingerprint density at radius 1 is 1.19 bits per heavy atom. The molecule has 3 nitrogen and oxygen atoms in total. The fraction of sp³-hybridized carbons (Fsp3) is 0.133. The molecule has 6 heteroatoms. The number of amides is 1. The lowest BCUT2D eigenvalue weighted by Crippen LogP contribution is -2.23. The molecule has 0 aliphatic heterocycles. The van der Waals surface area contributed by atoms with Crippen LogP contribution in [0.5, 0.6) is 0 Å². The quantitative estimate of drug-likeness (QED) is 0.868. The molecule has 1 amide bonds. The van der Waals surface area contributed by atoms with E-state index >= 15 is 0 Å². The fourth-order valence-electron chi connectivity index (χ4n) is 1.69. The summed E-state index contributed by atoms with van der Waals surface area (Å²) in [5.41, 5.74) is 1.37. The van der Waals surface area contributed by atoms with Crippen molar-refractivity contribution < 1.29 is 13.6 Å². The Labute approximate surface area is 129 Å². The van der Waals surface area contributed by atoms with E-state index in [2.05, 4.69) is 26.6 Å². The molecule has 2 aromatic rings. The Hall–Kier alpha value is -1.95. The molecule has 0 unspecified atom stereocenters. The number of halogens is 3. The molecule has 0 bridgehead atoms. The van der Waals surface area contributed by atoms with E-state index in [1.165, 1.54) is 6.07 Å². The van der Waals surface area contributed by atoms with E-state index in [-0.39, 0.29) is 6.54 Å². The lowest BCUT2D eigenvalue weighted by molar-refractivity contribution is -0.114. The van der Waals surface area contributed by atoms with Crippen LogP contribution in [0.4, 0.5) is 20.2 Å². The maximum absolute atomic E-state index is 13.4. The number of anilines is 2. The van der Waals surface area contributed by atoms with Crippen LogP contribution in [0.15, 0.2) is 40.9 Å². The first kappa shape index (κ1) is 15.4. The molecule has 2 N–H and O–H groups in total. The van der Waals surface area contributed by atoms with Crippen LogP contribution < -0.4 is 10.6 Å². The van der Waals surface area contributed by atoms with Crippen molar-refractivity contribution in [3.63, 3.8) is 0 Å². The van der Waals surface area contributed by atoms with Crippen LogP contribution >= 0.6 is 15.9 Å². The third-order valence-corrected chi connectivity index (χ3v) is 3.71. The van der Waals surface area contributed by atoms with Crippen molar-refractivity contribution in [2.24, 2.45) is 0 Å². The number of hydrogen-bond donors (Lipinski definition) is 2. The van der Waals surface area contributed by atoms with Gasteiger partial charge in [0.1, 0.15) is 17.3 Å². The predicted molar refractivity (Wildman–Crippen MR) is 82.4 cm³/mol. The van der Waals surface area contributed by atoms with Crippen LogP contribution in [0.2, 0.25) is 0 Å². The first-order chi connectivity index (χ1) is 9.97. The Kier molecular flexibility index (Phi) is 4.90. The van der Waals surface area contributed by atoms with Gasteiger partial charge in [-0.3, -0.25) is 4.79 Å². The fourth-order valence-corrected chi connectivity index (χ4v) is 2.06. The van der Waals surface area contributed by atoms with Crippen molar-refractivity contribution >= 4 is 33.2 Å². The van der Waals surface area contributed by atoms with Gasteiger partial charge in [-0.1, -0.05) is 28.1 Å². The summed E-state index contributed by atoms with van der Waals surface area (Å²) >= 11 is 3.39. The molecule has 0 spiro atoms. The third kappa shape index (κ3) is 4.01. The number of carbonyl (C=O) groups excluding carboxylic acids is 1. The summed E-state index contributed by atoms with van der Waals surface area (Å²) in [6, 6.07) is 8.94. The van der Waals surface area contributed by atoms with Crippen molar-refractivity contribution in [3.8, 4) is 0 Å². The van der Waals surface area contributed by atoms with Crippen LogP contribution in [0.3, 0.4) is 0 Å². The van der Waals surface area contributed by atoms with Crippen molar-refractivity contribution in [2.75, 3.05) is 17.2 Å². The summed E-state index contributed by atoms with van der Waals surface area (Å²) in [7, 11) is 0. The second-order valence-corrected chi connectivity index (χ2v) is 5.32. The van der Waals surface area contributed by atoms with Crippen LogP contribution in [-0.2, 0) is 4.79 Å². The molecule has 0 atom stereocenters. The summed E-state index contributed by atoms with van der Waals surface area (Å²) in [5, 5.41) is 5.10. The Morgan fingerprint density at radius 2 is 1.86 bits per heavy atom. The molecule has 0 fully saturated rings. The molecule has 2 rings (SSSR count). The van der Waals surface area contributed by atoms with E-state index in [1.54, 1.807) is 0 Å². The zero-order valence-electron chi connectivity index (χ0n) is 11.2. The van der Waals surface area contributed by atoms with Crippen LogP contribution in [0.1, 0.15) is 5.56 Å². The van der Waals surface area contributed by atoms with E-state index in [9.17, 15) is 13.6 Å². The second-order valence-electron chi connectivity index (χ2n) is 4.46. The van der Waals surface area contributed by atoms with Crippen LogP contribution in [0.25, 0.3) is 0 Å². The van der Waals surface area contributed by atoms with Gasteiger partial charge in [0, 0.05) is 10.2 Å². The van der Waals surface area contributed by atoms with Gasteiger partial charge >= 0.3 is 0 Å². The van der Waals surface area contributed by atoms with Gasteiger partial charge in [-0.05, 0) is 36.8 Å². The first-order valence-corrected chi connectivity index (χ1v) is 7.00. The van der Waals surface area contributed by atoms with Gasteiger partial charge in [0.15, 0.2) is 0 Å². The number of para-hydroxylation sites is 1. The molecule has 0 saturated carbocycles. The van der Waals surface area contributed by atoms with Gasteiger partial charge < -0.3 is 10.6 Å². The second kappa shape index (κ2) is 6.67. The van der Waals surface area contributed by atoms with Gasteiger partial charge in [-0.2, -0.15) is 0 Å². The highest BCUT2D eigenvalue weighted by atomic mass is 79.9. The average Bonchev–Trinajstić information content (AvgIpc) is 2.44. The maximum atomic E-state index is 13.4. The van der Waals surface area contributed by atoms with E-state index in [4.69, 9.17) is 0 Å². The van der Waals surface area contributed by atoms with Gasteiger partial charge in [0.05, 0.1) is 6.54 Å². The van der Waals surface area contributed by atoms with Crippen LogP contribution in [-0.4, -0.2) is 12.5 Å². The van der Waals surface area contributed by atoms with Crippen molar-refractivity contribution in [1.29, 1.82) is 0 Å². The summed E-state index contributed by atoms with van der Waals surface area (Å²) in [5.74, 6) is -2.14. The van der Waals surface area contributed by atoms with Gasteiger partial charge in [0.25, 0.3) is 0 Å². The molecule has 0 saturated heterocycles. The number of aryl methyl sites for hydroxylation is 1. The standard InChI is InChI=1S/C15H13BrF2N2O/c1-9-5-6-10(7-11(9)16)19-8-14(21)20-15-12(17)3-2-4-13(15)18/h2-7,19H,8H2,1H3,(H,20,21). The van der Waals surface area contributed by atoms with Crippen LogP contribution in [0, 0.1) is 18.6 Å². The number of nitrogens with one attached hydrogen (secondary N) is 2. The zero-order valence-corrected chi connectivity index (χ0v) is 12.8. The largest absolute Gasteiger partial charge is 0.376 e. The zero-order chi connectivity index (χ0) is 15.4. The topological polar surface area (TPSA) is 41.1 Å². The summed E-state index contributed by atoms with van der Waals surface area (Å²) in [4.78, 5) is 11.7. The van der Waals surface area contributed by atoms with Crippen molar-refractivity contribution in [2.45, 2.75) is 6.92 Å². The molecule has 110 valence electrons. The third-order valence-electron chi connectivity index (χ3n) is 2.85. The number of rotatable bonds is 4. The summed E-state index contributed by atoms with van der Waals surface area (Å²) in [6.07, 6.45) is 0. The number of benzene rings is 2. The van der Waals surface area contributed by atoms with Crippen molar-refractivity contribution in [3.05, 3.63) is 58.1 Å². The predicted octanol–water partition coefficient (Wildman–Crippen LogP) is 4.09. The SMILES string of the molecule is Cc1ccc(NCC(=O)Nc2c(F)cccc2F)cc1Br. The Balaban J connectivity index is 1.97. The molecule has 0 aromatic heterocycles. The molecule has 0 radical (unpaired) electrons. The highest BCUT2D eigenvalue weighted by Gasteiger charge is 2.11.